The van der Waals surface area contributed by atoms with Crippen LogP contribution >= 0.6 is 0 Å². The summed E-state index contributed by atoms with van der Waals surface area (Å²) in [5, 5.41) is 1.26. The van der Waals surface area contributed by atoms with Crippen LogP contribution in [0, 0.1) is 0 Å². The molecule has 0 atom stereocenters. The minimum atomic E-state index is 0.710. The zero-order chi connectivity index (χ0) is 10.7. The third-order valence-corrected chi connectivity index (χ3v) is 2.58. The number of likely N-dealkylation sites (N-methyl/N-ethyl adjacent to an activating group) is 1. The zero-order valence-electron chi connectivity index (χ0n) is 9.03. The summed E-state index contributed by atoms with van der Waals surface area (Å²) < 4.78 is 0. The summed E-state index contributed by atoms with van der Waals surface area (Å²) in [6.45, 7) is 2.59. The van der Waals surface area contributed by atoms with E-state index in [-0.39, 0.29) is 0 Å². The molecule has 0 aliphatic heterocycles. The second-order valence-electron chi connectivity index (χ2n) is 3.93. The van der Waals surface area contributed by atoms with Crippen LogP contribution < -0.4 is 5.73 Å². The normalized spacial score (nSPS) is 11.4. The van der Waals surface area contributed by atoms with Gasteiger partial charge in [-0.25, -0.2) is 0 Å². The summed E-state index contributed by atoms with van der Waals surface area (Å²) in [4.78, 5) is 5.45. The highest BCUT2D eigenvalue weighted by molar-refractivity contribution is 5.79. The van der Waals surface area contributed by atoms with Gasteiger partial charge in [0, 0.05) is 31.3 Å². The lowest BCUT2D eigenvalue weighted by atomic mass is 10.1. The van der Waals surface area contributed by atoms with Crippen LogP contribution in [0.4, 0.5) is 0 Å². The first kappa shape index (κ1) is 10.2. The molecule has 0 spiro atoms. The summed E-state index contributed by atoms with van der Waals surface area (Å²) in [5.74, 6) is 0. The van der Waals surface area contributed by atoms with Gasteiger partial charge in [0.1, 0.15) is 0 Å². The Labute approximate surface area is 89.9 Å². The van der Waals surface area contributed by atoms with Gasteiger partial charge < -0.3 is 15.6 Å². The van der Waals surface area contributed by atoms with Crippen molar-refractivity contribution >= 4 is 10.9 Å². The average Bonchev–Trinajstić information content (AvgIpc) is 2.65. The Balaban J connectivity index is 2.14. The monoisotopic (exact) mass is 203 g/mol. The standard InChI is InChI=1S/C12H17N3/c1-15(7-5-13)9-10-2-3-11-4-6-14-12(11)8-10/h2-4,6,8,14H,5,7,9,13H2,1H3. The predicted octanol–water partition coefficient (Wildman–Crippen LogP) is 1.56. The van der Waals surface area contributed by atoms with E-state index in [1.165, 1.54) is 16.5 Å². The van der Waals surface area contributed by atoms with Gasteiger partial charge in [-0.3, -0.25) is 0 Å². The number of benzene rings is 1. The van der Waals surface area contributed by atoms with Crippen molar-refractivity contribution < 1.29 is 0 Å². The Kier molecular flexibility index (Phi) is 3.04. The molecular formula is C12H17N3. The molecule has 3 N–H and O–H groups in total. The van der Waals surface area contributed by atoms with Crippen molar-refractivity contribution in [1.82, 2.24) is 9.88 Å². The fraction of sp³-hybridized carbons (Fsp3) is 0.333. The Bertz CT molecular complexity index is 433. The SMILES string of the molecule is CN(CCN)Cc1ccc2cc[nH]c2c1. The number of aromatic nitrogens is 1. The van der Waals surface area contributed by atoms with Crippen LogP contribution in [0.1, 0.15) is 5.56 Å². The van der Waals surface area contributed by atoms with Gasteiger partial charge in [0.25, 0.3) is 0 Å². The van der Waals surface area contributed by atoms with E-state index >= 15 is 0 Å². The number of hydrogen-bond donors (Lipinski definition) is 2. The van der Waals surface area contributed by atoms with E-state index in [0.29, 0.717) is 6.54 Å². The topological polar surface area (TPSA) is 45.0 Å². The Morgan fingerprint density at radius 3 is 3.00 bits per heavy atom. The Morgan fingerprint density at radius 2 is 2.20 bits per heavy atom. The maximum absolute atomic E-state index is 5.51. The van der Waals surface area contributed by atoms with E-state index in [0.717, 1.165) is 13.1 Å². The van der Waals surface area contributed by atoms with Crippen LogP contribution in [0.3, 0.4) is 0 Å². The van der Waals surface area contributed by atoms with Crippen LogP contribution in [-0.4, -0.2) is 30.0 Å². The van der Waals surface area contributed by atoms with Gasteiger partial charge in [0.2, 0.25) is 0 Å². The van der Waals surface area contributed by atoms with Crippen molar-refractivity contribution in [2.45, 2.75) is 6.54 Å². The molecule has 0 amide bonds. The molecule has 80 valence electrons. The number of nitrogens with one attached hydrogen (secondary N) is 1. The van der Waals surface area contributed by atoms with Crippen molar-refractivity contribution in [3.8, 4) is 0 Å². The van der Waals surface area contributed by atoms with Crippen LogP contribution in [0.15, 0.2) is 30.5 Å². The molecule has 2 aromatic rings. The van der Waals surface area contributed by atoms with E-state index in [1.54, 1.807) is 0 Å². The second-order valence-corrected chi connectivity index (χ2v) is 3.93. The molecule has 0 fully saturated rings. The number of fused-ring (bicyclic) bond motifs is 1. The van der Waals surface area contributed by atoms with E-state index in [4.69, 9.17) is 5.73 Å². The number of rotatable bonds is 4. The van der Waals surface area contributed by atoms with Crippen molar-refractivity contribution in [3.63, 3.8) is 0 Å². The molecule has 1 aromatic heterocycles. The first-order valence-electron chi connectivity index (χ1n) is 5.24. The lowest BCUT2D eigenvalue weighted by Gasteiger charge is -2.15. The maximum Gasteiger partial charge on any atom is 0.0457 e. The molecule has 0 saturated heterocycles. The molecule has 3 heteroatoms. The Hall–Kier alpha value is -1.32. The fourth-order valence-corrected chi connectivity index (χ4v) is 1.80. The van der Waals surface area contributed by atoms with Gasteiger partial charge in [-0.2, -0.15) is 0 Å². The quantitative estimate of drug-likeness (QED) is 0.792. The molecule has 0 saturated carbocycles. The van der Waals surface area contributed by atoms with Gasteiger partial charge in [0.05, 0.1) is 0 Å². The summed E-state index contributed by atoms with van der Waals surface area (Å²) in [5.41, 5.74) is 8.03. The van der Waals surface area contributed by atoms with Crippen molar-refractivity contribution in [2.75, 3.05) is 20.1 Å². The summed E-state index contributed by atoms with van der Waals surface area (Å²) in [7, 11) is 2.09. The molecular weight excluding hydrogens is 186 g/mol. The van der Waals surface area contributed by atoms with Gasteiger partial charge >= 0.3 is 0 Å². The third-order valence-electron chi connectivity index (χ3n) is 2.58. The number of aromatic amines is 1. The van der Waals surface area contributed by atoms with Crippen molar-refractivity contribution in [2.24, 2.45) is 5.73 Å². The molecule has 3 nitrogen and oxygen atoms in total. The van der Waals surface area contributed by atoms with E-state index in [1.807, 2.05) is 6.20 Å². The number of hydrogen-bond acceptors (Lipinski definition) is 2. The number of H-pyrrole nitrogens is 1. The minimum absolute atomic E-state index is 0.710. The maximum atomic E-state index is 5.51. The van der Waals surface area contributed by atoms with Crippen LogP contribution in [0.5, 0.6) is 0 Å². The molecule has 2 rings (SSSR count). The van der Waals surface area contributed by atoms with Crippen LogP contribution in [-0.2, 0) is 6.54 Å². The van der Waals surface area contributed by atoms with Gasteiger partial charge in [-0.05, 0) is 30.1 Å². The molecule has 0 radical (unpaired) electrons. The van der Waals surface area contributed by atoms with Gasteiger partial charge in [-0.1, -0.05) is 12.1 Å². The molecule has 15 heavy (non-hydrogen) atoms. The van der Waals surface area contributed by atoms with E-state index in [2.05, 4.69) is 41.2 Å². The highest BCUT2D eigenvalue weighted by Crippen LogP contribution is 2.14. The highest BCUT2D eigenvalue weighted by atomic mass is 15.1. The number of nitrogens with zero attached hydrogens (tertiary/aromatic N) is 1. The molecule has 0 bridgehead atoms. The molecule has 0 aliphatic rings. The van der Waals surface area contributed by atoms with Crippen molar-refractivity contribution in [1.29, 1.82) is 0 Å². The first-order valence-corrected chi connectivity index (χ1v) is 5.24. The fourth-order valence-electron chi connectivity index (χ4n) is 1.80. The summed E-state index contributed by atoms with van der Waals surface area (Å²) >= 11 is 0. The van der Waals surface area contributed by atoms with Crippen LogP contribution in [0.25, 0.3) is 10.9 Å². The number of nitrogens with two attached hydrogens (primary N) is 1. The lowest BCUT2D eigenvalue weighted by molar-refractivity contribution is 0.336. The molecule has 0 aliphatic carbocycles. The van der Waals surface area contributed by atoms with E-state index < -0.39 is 0 Å². The summed E-state index contributed by atoms with van der Waals surface area (Å²) in [6, 6.07) is 8.60. The average molecular weight is 203 g/mol. The van der Waals surface area contributed by atoms with E-state index in [9.17, 15) is 0 Å². The smallest absolute Gasteiger partial charge is 0.0457 e. The molecule has 1 aromatic carbocycles. The largest absolute Gasteiger partial charge is 0.361 e. The van der Waals surface area contributed by atoms with Crippen molar-refractivity contribution in [3.05, 3.63) is 36.0 Å². The minimum Gasteiger partial charge on any atom is -0.361 e. The lowest BCUT2D eigenvalue weighted by Crippen LogP contribution is -2.24. The predicted molar refractivity (Wildman–Crippen MR) is 63.7 cm³/mol. The van der Waals surface area contributed by atoms with Gasteiger partial charge in [0.15, 0.2) is 0 Å². The zero-order valence-corrected chi connectivity index (χ0v) is 9.03. The highest BCUT2D eigenvalue weighted by Gasteiger charge is 2.00. The molecule has 0 unspecified atom stereocenters. The summed E-state index contributed by atoms with van der Waals surface area (Å²) in [6.07, 6.45) is 1.97. The van der Waals surface area contributed by atoms with Gasteiger partial charge in [-0.15, -0.1) is 0 Å². The third kappa shape index (κ3) is 2.37. The molecule has 1 heterocycles. The van der Waals surface area contributed by atoms with Crippen LogP contribution in [0.2, 0.25) is 0 Å². The Morgan fingerprint density at radius 1 is 1.33 bits per heavy atom. The first-order chi connectivity index (χ1) is 7.29. The second kappa shape index (κ2) is 4.47.